The summed E-state index contributed by atoms with van der Waals surface area (Å²) in [7, 11) is 0. The second-order valence-corrected chi connectivity index (χ2v) is 12.0. The Kier molecular flexibility index (Phi) is 13.9. The summed E-state index contributed by atoms with van der Waals surface area (Å²) in [5.74, 6) is 0. The smallest absolute Gasteiger partial charge is 1.00 e. The zero-order valence-electron chi connectivity index (χ0n) is 24.3. The molecule has 2 aromatic carbocycles. The third kappa shape index (κ3) is 9.52. The molecule has 0 unspecified atom stereocenters. The van der Waals surface area contributed by atoms with Gasteiger partial charge in [0, 0.05) is 0 Å². The molecule has 0 heterocycles. The summed E-state index contributed by atoms with van der Waals surface area (Å²) in [5, 5.41) is 0. The summed E-state index contributed by atoms with van der Waals surface area (Å²) < 4.78 is 0. The Morgan fingerprint density at radius 1 is 0.514 bits per heavy atom. The molecule has 0 radical (unpaired) electrons. The van der Waals surface area contributed by atoms with E-state index in [4.69, 9.17) is 0 Å². The van der Waals surface area contributed by atoms with Crippen molar-refractivity contribution in [2.45, 2.75) is 92.9 Å². The maximum absolute atomic E-state index is 3.47. The van der Waals surface area contributed by atoms with E-state index in [0.717, 1.165) is 12.8 Å². The van der Waals surface area contributed by atoms with Crippen LogP contribution in [0.1, 0.15) is 104 Å². The number of hydrogen-bond donors (Lipinski definition) is 0. The molecular weight excluding hydrogens is 658 g/mol. The molecule has 196 valence electrons. The van der Waals surface area contributed by atoms with E-state index in [0.29, 0.717) is 0 Å². The van der Waals surface area contributed by atoms with Gasteiger partial charge in [-0.25, -0.2) is 0 Å². The number of allylic oxidation sites excluding steroid dienone is 8. The Hall–Kier alpha value is -1.15. The van der Waals surface area contributed by atoms with Crippen LogP contribution in [0.5, 0.6) is 0 Å². The molecule has 0 saturated heterocycles. The van der Waals surface area contributed by atoms with Crippen molar-refractivity contribution in [3.05, 3.63) is 105 Å². The number of benzene rings is 2. The molecular formula is C34H42Cl2Hf. The minimum Gasteiger partial charge on any atom is -1.00 e. The average Bonchev–Trinajstić information content (AvgIpc) is 3.28. The van der Waals surface area contributed by atoms with Crippen molar-refractivity contribution >= 4 is 11.1 Å². The van der Waals surface area contributed by atoms with Gasteiger partial charge in [-0.2, -0.15) is 45.6 Å². The van der Waals surface area contributed by atoms with E-state index >= 15 is 0 Å². The molecule has 0 fully saturated rings. The van der Waals surface area contributed by atoms with Crippen LogP contribution in [0.15, 0.2) is 70.8 Å². The van der Waals surface area contributed by atoms with Crippen LogP contribution in [0.2, 0.25) is 0 Å². The molecule has 2 aliphatic rings. The fourth-order valence-electron chi connectivity index (χ4n) is 4.24. The second-order valence-electron chi connectivity index (χ2n) is 12.0. The van der Waals surface area contributed by atoms with Gasteiger partial charge in [-0.3, -0.25) is 0 Å². The SMILES string of the molecule is CC1=C(C)CC(c2ccc(C(C)(C)C)cc2)=[C-]1.CC1=C(C)CC(c2ccc(C(C)(C)C)cc2)=[C-]1.[Cl-].[Cl-].[Hf+4]. The van der Waals surface area contributed by atoms with Crippen molar-refractivity contribution in [1.29, 1.82) is 0 Å². The summed E-state index contributed by atoms with van der Waals surface area (Å²) in [5.41, 5.74) is 14.0. The molecule has 0 aromatic heterocycles. The van der Waals surface area contributed by atoms with Crippen molar-refractivity contribution < 1.29 is 50.7 Å². The third-order valence-electron chi connectivity index (χ3n) is 7.04. The molecule has 37 heavy (non-hydrogen) atoms. The largest absolute Gasteiger partial charge is 4.00 e. The van der Waals surface area contributed by atoms with E-state index in [1.54, 1.807) is 0 Å². The van der Waals surface area contributed by atoms with Gasteiger partial charge in [0.1, 0.15) is 0 Å². The Morgan fingerprint density at radius 2 is 0.784 bits per heavy atom. The fourth-order valence-corrected chi connectivity index (χ4v) is 4.24. The first-order valence-electron chi connectivity index (χ1n) is 12.6. The van der Waals surface area contributed by atoms with Gasteiger partial charge in [0.15, 0.2) is 0 Å². The normalized spacial score (nSPS) is 15.1. The maximum Gasteiger partial charge on any atom is 4.00 e. The van der Waals surface area contributed by atoms with Crippen LogP contribution in [-0.2, 0) is 36.7 Å². The van der Waals surface area contributed by atoms with Gasteiger partial charge in [0.2, 0.25) is 0 Å². The van der Waals surface area contributed by atoms with E-state index in [9.17, 15) is 0 Å². The van der Waals surface area contributed by atoms with Crippen LogP contribution in [-0.4, -0.2) is 0 Å². The quantitative estimate of drug-likeness (QED) is 0.331. The zero-order valence-corrected chi connectivity index (χ0v) is 29.4. The number of rotatable bonds is 2. The Morgan fingerprint density at radius 3 is 0.973 bits per heavy atom. The van der Waals surface area contributed by atoms with Gasteiger partial charge >= 0.3 is 25.8 Å². The molecule has 0 amide bonds. The maximum atomic E-state index is 3.47. The molecule has 0 N–H and O–H groups in total. The molecule has 0 atom stereocenters. The van der Waals surface area contributed by atoms with Gasteiger partial charge in [-0.05, 0) is 22.0 Å². The zero-order chi connectivity index (χ0) is 25.3. The summed E-state index contributed by atoms with van der Waals surface area (Å²) in [6.45, 7) is 22.2. The Labute approximate surface area is 258 Å². The van der Waals surface area contributed by atoms with Crippen molar-refractivity contribution in [2.75, 3.05) is 0 Å². The van der Waals surface area contributed by atoms with Crippen molar-refractivity contribution in [2.24, 2.45) is 0 Å². The summed E-state index contributed by atoms with van der Waals surface area (Å²) in [4.78, 5) is 0. The standard InChI is InChI=1S/2C17H21.2ClH.Hf/c2*1-12-10-15(11-13(12)2)14-6-8-16(9-7-14)17(3,4)5;;;/h2*6-9H,10H2,1-5H3;2*1H;/q2*-1;;;+4/p-2. The molecule has 4 rings (SSSR count). The van der Waals surface area contributed by atoms with E-state index in [1.807, 2.05) is 0 Å². The van der Waals surface area contributed by atoms with E-state index in [1.165, 1.54) is 55.7 Å². The van der Waals surface area contributed by atoms with Gasteiger partial charge in [0.25, 0.3) is 0 Å². The first-order chi connectivity index (χ1) is 15.8. The van der Waals surface area contributed by atoms with Gasteiger partial charge in [-0.15, -0.1) is 35.4 Å². The first-order valence-corrected chi connectivity index (χ1v) is 12.6. The van der Waals surface area contributed by atoms with E-state index < -0.39 is 0 Å². The van der Waals surface area contributed by atoms with Crippen LogP contribution in [0.25, 0.3) is 11.1 Å². The number of halogens is 2. The van der Waals surface area contributed by atoms with Gasteiger partial charge in [-0.1, -0.05) is 106 Å². The minimum atomic E-state index is 0. The van der Waals surface area contributed by atoms with Crippen LogP contribution in [0.3, 0.4) is 0 Å². The van der Waals surface area contributed by atoms with E-state index in [2.05, 4.69) is 130 Å². The monoisotopic (exact) mass is 700 g/mol. The molecule has 0 aliphatic heterocycles. The van der Waals surface area contributed by atoms with Gasteiger partial charge < -0.3 is 24.8 Å². The first kappa shape index (κ1) is 35.9. The van der Waals surface area contributed by atoms with E-state index in [-0.39, 0.29) is 61.5 Å². The predicted octanol–water partition coefficient (Wildman–Crippen LogP) is 3.83. The average molecular weight is 700 g/mol. The summed E-state index contributed by atoms with van der Waals surface area (Å²) in [6.07, 6.45) is 9.06. The molecule has 0 nitrogen and oxygen atoms in total. The molecule has 2 aliphatic carbocycles. The topological polar surface area (TPSA) is 0 Å². The molecule has 0 bridgehead atoms. The Bertz CT molecular complexity index is 1060. The molecule has 3 heteroatoms. The predicted molar refractivity (Wildman–Crippen MR) is 150 cm³/mol. The molecule has 2 aromatic rings. The van der Waals surface area contributed by atoms with Gasteiger partial charge in [0.05, 0.1) is 0 Å². The van der Waals surface area contributed by atoms with Crippen LogP contribution < -0.4 is 24.8 Å². The number of hydrogen-bond acceptors (Lipinski definition) is 0. The van der Waals surface area contributed by atoms with Crippen LogP contribution in [0.4, 0.5) is 0 Å². The Balaban J connectivity index is 0.000000648. The molecule has 0 spiro atoms. The van der Waals surface area contributed by atoms with Crippen LogP contribution >= 0.6 is 0 Å². The minimum absolute atomic E-state index is 0. The van der Waals surface area contributed by atoms with Crippen molar-refractivity contribution in [1.82, 2.24) is 0 Å². The fraction of sp³-hybridized carbons (Fsp3) is 0.412. The molecule has 0 saturated carbocycles. The summed E-state index contributed by atoms with van der Waals surface area (Å²) in [6, 6.07) is 17.9. The van der Waals surface area contributed by atoms with Crippen LogP contribution in [0, 0.1) is 12.2 Å². The third-order valence-corrected chi connectivity index (χ3v) is 7.04. The second kappa shape index (κ2) is 14.3. The van der Waals surface area contributed by atoms with Crippen molar-refractivity contribution in [3.63, 3.8) is 0 Å². The van der Waals surface area contributed by atoms with Crippen molar-refractivity contribution in [3.8, 4) is 0 Å². The summed E-state index contributed by atoms with van der Waals surface area (Å²) >= 11 is 0.